The molecular weight excluding hydrogens is 254 g/mol. The standard InChI is InChI=1S/C14H15N5O/c1-14(2,20)13-16-8-10-11(17-13)12(15)19(18-10)9-6-4-3-5-7-9/h3-8,20H,15H2,1-2H3. The van der Waals surface area contributed by atoms with Crippen LogP contribution in [-0.4, -0.2) is 24.9 Å². The van der Waals surface area contributed by atoms with Crippen molar-refractivity contribution in [3.05, 3.63) is 42.4 Å². The highest BCUT2D eigenvalue weighted by atomic mass is 16.3. The summed E-state index contributed by atoms with van der Waals surface area (Å²) in [4.78, 5) is 8.46. The molecule has 0 aliphatic rings. The Morgan fingerprint density at radius 2 is 1.90 bits per heavy atom. The van der Waals surface area contributed by atoms with E-state index in [1.807, 2.05) is 30.3 Å². The molecule has 3 N–H and O–H groups in total. The molecule has 2 aromatic heterocycles. The van der Waals surface area contributed by atoms with Crippen molar-refractivity contribution in [2.45, 2.75) is 19.4 Å². The molecule has 3 rings (SSSR count). The fourth-order valence-corrected chi connectivity index (χ4v) is 1.96. The van der Waals surface area contributed by atoms with E-state index in [4.69, 9.17) is 5.73 Å². The predicted molar refractivity (Wildman–Crippen MR) is 76.3 cm³/mol. The molecule has 0 saturated carbocycles. The number of aliphatic hydroxyl groups is 1. The number of para-hydroxylation sites is 1. The summed E-state index contributed by atoms with van der Waals surface area (Å²) in [6.45, 7) is 3.26. The van der Waals surface area contributed by atoms with Crippen LogP contribution in [0.25, 0.3) is 16.7 Å². The lowest BCUT2D eigenvalue weighted by atomic mass is 10.1. The highest BCUT2D eigenvalue weighted by Gasteiger charge is 2.22. The summed E-state index contributed by atoms with van der Waals surface area (Å²) in [5.41, 5.74) is 6.99. The molecule has 0 aliphatic carbocycles. The van der Waals surface area contributed by atoms with Gasteiger partial charge in [-0.3, -0.25) is 0 Å². The third-order valence-corrected chi connectivity index (χ3v) is 3.00. The second-order valence-corrected chi connectivity index (χ2v) is 5.12. The molecule has 0 atom stereocenters. The molecule has 3 aromatic rings. The Kier molecular flexibility index (Phi) is 2.69. The molecule has 20 heavy (non-hydrogen) atoms. The molecule has 0 spiro atoms. The van der Waals surface area contributed by atoms with E-state index < -0.39 is 5.60 Å². The zero-order valence-corrected chi connectivity index (χ0v) is 11.3. The number of anilines is 1. The smallest absolute Gasteiger partial charge is 0.160 e. The molecule has 0 aliphatic heterocycles. The van der Waals surface area contributed by atoms with Crippen molar-refractivity contribution in [1.82, 2.24) is 19.7 Å². The third kappa shape index (κ3) is 2.00. The largest absolute Gasteiger partial charge is 0.382 e. The minimum absolute atomic E-state index is 0.323. The van der Waals surface area contributed by atoms with Crippen LogP contribution in [0.5, 0.6) is 0 Å². The van der Waals surface area contributed by atoms with E-state index in [-0.39, 0.29) is 0 Å². The van der Waals surface area contributed by atoms with Crippen molar-refractivity contribution in [2.75, 3.05) is 5.73 Å². The van der Waals surface area contributed by atoms with Crippen LogP contribution in [0, 0.1) is 0 Å². The Bertz CT molecular complexity index is 758. The summed E-state index contributed by atoms with van der Waals surface area (Å²) >= 11 is 0. The zero-order chi connectivity index (χ0) is 14.3. The second-order valence-electron chi connectivity index (χ2n) is 5.12. The molecule has 0 saturated heterocycles. The maximum atomic E-state index is 9.97. The first kappa shape index (κ1) is 12.6. The summed E-state index contributed by atoms with van der Waals surface area (Å²) in [5.74, 6) is 0.753. The molecule has 6 nitrogen and oxygen atoms in total. The summed E-state index contributed by atoms with van der Waals surface area (Å²) in [6.07, 6.45) is 1.57. The van der Waals surface area contributed by atoms with E-state index in [1.54, 1.807) is 24.7 Å². The average molecular weight is 269 g/mol. The Balaban J connectivity index is 2.21. The lowest BCUT2D eigenvalue weighted by Crippen LogP contribution is -2.19. The van der Waals surface area contributed by atoms with Gasteiger partial charge in [-0.1, -0.05) is 18.2 Å². The van der Waals surface area contributed by atoms with Crippen molar-refractivity contribution in [2.24, 2.45) is 0 Å². The number of hydrogen-bond acceptors (Lipinski definition) is 5. The number of fused-ring (bicyclic) bond motifs is 1. The van der Waals surface area contributed by atoms with Crippen LogP contribution >= 0.6 is 0 Å². The molecule has 0 fully saturated rings. The van der Waals surface area contributed by atoms with Crippen molar-refractivity contribution in [3.8, 4) is 5.69 Å². The predicted octanol–water partition coefficient (Wildman–Crippen LogP) is 1.63. The zero-order valence-electron chi connectivity index (χ0n) is 11.3. The van der Waals surface area contributed by atoms with E-state index in [0.29, 0.717) is 22.7 Å². The molecule has 2 heterocycles. The van der Waals surface area contributed by atoms with Gasteiger partial charge >= 0.3 is 0 Å². The first-order valence-corrected chi connectivity index (χ1v) is 6.26. The van der Waals surface area contributed by atoms with Crippen LogP contribution < -0.4 is 5.73 Å². The fourth-order valence-electron chi connectivity index (χ4n) is 1.96. The highest BCUT2D eigenvalue weighted by Crippen LogP contribution is 2.24. The van der Waals surface area contributed by atoms with E-state index in [0.717, 1.165) is 5.69 Å². The summed E-state index contributed by atoms with van der Waals surface area (Å²) in [5, 5.41) is 14.4. The Morgan fingerprint density at radius 3 is 2.55 bits per heavy atom. The molecule has 1 aromatic carbocycles. The quantitative estimate of drug-likeness (QED) is 0.738. The van der Waals surface area contributed by atoms with Gasteiger partial charge in [0.05, 0.1) is 11.9 Å². The van der Waals surface area contributed by atoms with E-state index in [2.05, 4.69) is 15.1 Å². The van der Waals surface area contributed by atoms with Crippen LogP contribution in [-0.2, 0) is 5.60 Å². The number of aromatic nitrogens is 4. The lowest BCUT2D eigenvalue weighted by Gasteiger charge is -2.14. The van der Waals surface area contributed by atoms with Gasteiger partial charge in [0.1, 0.15) is 16.6 Å². The number of nitrogens with two attached hydrogens (primary N) is 1. The monoisotopic (exact) mass is 269 g/mol. The van der Waals surface area contributed by atoms with Crippen molar-refractivity contribution in [1.29, 1.82) is 0 Å². The van der Waals surface area contributed by atoms with Gasteiger partial charge in [0.25, 0.3) is 0 Å². The Labute approximate surface area is 115 Å². The van der Waals surface area contributed by atoms with Crippen LogP contribution in [0.1, 0.15) is 19.7 Å². The fraction of sp³-hybridized carbons (Fsp3) is 0.214. The van der Waals surface area contributed by atoms with Gasteiger partial charge < -0.3 is 10.8 Å². The molecular formula is C14H15N5O. The van der Waals surface area contributed by atoms with Gasteiger partial charge in [-0.25, -0.2) is 14.6 Å². The van der Waals surface area contributed by atoms with Crippen molar-refractivity contribution < 1.29 is 5.11 Å². The van der Waals surface area contributed by atoms with Gasteiger partial charge in [0.15, 0.2) is 11.6 Å². The van der Waals surface area contributed by atoms with Crippen LogP contribution in [0.2, 0.25) is 0 Å². The first-order chi connectivity index (χ1) is 9.47. The number of benzene rings is 1. The molecule has 102 valence electrons. The van der Waals surface area contributed by atoms with Crippen molar-refractivity contribution >= 4 is 16.9 Å². The molecule has 6 heteroatoms. The summed E-state index contributed by atoms with van der Waals surface area (Å²) < 4.78 is 1.62. The number of hydrogen-bond donors (Lipinski definition) is 2. The molecule has 0 amide bonds. The van der Waals surface area contributed by atoms with Gasteiger partial charge in [-0.2, -0.15) is 5.10 Å². The Hall–Kier alpha value is -2.47. The molecule has 0 unspecified atom stereocenters. The van der Waals surface area contributed by atoms with Crippen LogP contribution in [0.4, 0.5) is 5.82 Å². The van der Waals surface area contributed by atoms with Gasteiger partial charge in [0.2, 0.25) is 0 Å². The summed E-state index contributed by atoms with van der Waals surface area (Å²) in [7, 11) is 0. The topological polar surface area (TPSA) is 89.9 Å². The minimum Gasteiger partial charge on any atom is -0.382 e. The first-order valence-electron chi connectivity index (χ1n) is 6.26. The van der Waals surface area contributed by atoms with Gasteiger partial charge in [0, 0.05) is 0 Å². The molecule has 0 radical (unpaired) electrons. The average Bonchev–Trinajstić information content (AvgIpc) is 2.76. The normalized spacial score (nSPS) is 11.9. The number of nitrogens with zero attached hydrogens (tertiary/aromatic N) is 4. The third-order valence-electron chi connectivity index (χ3n) is 3.00. The second kappa shape index (κ2) is 4.28. The maximum Gasteiger partial charge on any atom is 0.160 e. The lowest BCUT2D eigenvalue weighted by molar-refractivity contribution is 0.0691. The van der Waals surface area contributed by atoms with Crippen LogP contribution in [0.15, 0.2) is 36.5 Å². The van der Waals surface area contributed by atoms with Crippen molar-refractivity contribution in [3.63, 3.8) is 0 Å². The number of rotatable bonds is 2. The van der Waals surface area contributed by atoms with E-state index in [1.165, 1.54) is 0 Å². The minimum atomic E-state index is -1.12. The maximum absolute atomic E-state index is 9.97. The van der Waals surface area contributed by atoms with E-state index >= 15 is 0 Å². The number of nitrogen functional groups attached to an aromatic ring is 1. The summed E-state index contributed by atoms with van der Waals surface area (Å²) in [6, 6.07) is 9.57. The highest BCUT2D eigenvalue weighted by molar-refractivity contribution is 5.85. The Morgan fingerprint density at radius 1 is 1.20 bits per heavy atom. The van der Waals surface area contributed by atoms with E-state index in [9.17, 15) is 5.11 Å². The van der Waals surface area contributed by atoms with Crippen LogP contribution in [0.3, 0.4) is 0 Å². The molecule has 0 bridgehead atoms. The SMILES string of the molecule is CC(C)(O)c1ncc2nn(-c3ccccc3)c(N)c2n1. The van der Waals surface area contributed by atoms with Gasteiger partial charge in [-0.15, -0.1) is 0 Å². The van der Waals surface area contributed by atoms with Gasteiger partial charge in [-0.05, 0) is 26.0 Å².